The number of amides is 1. The summed E-state index contributed by atoms with van der Waals surface area (Å²) < 4.78 is 5.28. The maximum atomic E-state index is 12.8. The van der Waals surface area contributed by atoms with E-state index in [1.807, 2.05) is 56.3 Å². The Kier molecular flexibility index (Phi) is 5.74. The predicted molar refractivity (Wildman–Crippen MR) is 118 cm³/mol. The second-order valence-corrected chi connectivity index (χ2v) is 7.87. The molecule has 3 unspecified atom stereocenters. The Morgan fingerprint density at radius 3 is 2.73 bits per heavy atom. The lowest BCUT2D eigenvalue weighted by Crippen LogP contribution is -2.63. The summed E-state index contributed by atoms with van der Waals surface area (Å²) in [6.45, 7) is 3.91. The number of nitrogens with one attached hydrogen (secondary N) is 3. The van der Waals surface area contributed by atoms with E-state index in [4.69, 9.17) is 16.3 Å². The normalized spacial score (nSPS) is 21.3. The number of rotatable bonds is 5. The summed E-state index contributed by atoms with van der Waals surface area (Å²) >= 11 is 6.27. The number of hydrogen-bond donors (Lipinski definition) is 3. The van der Waals surface area contributed by atoms with Gasteiger partial charge in [0.1, 0.15) is 5.75 Å². The predicted octanol–water partition coefficient (Wildman–Crippen LogP) is 3.26. The summed E-state index contributed by atoms with van der Waals surface area (Å²) in [6, 6.07) is 13.2. The van der Waals surface area contributed by atoms with Crippen molar-refractivity contribution in [3.63, 3.8) is 0 Å². The molecule has 2 heterocycles. The Morgan fingerprint density at radius 2 is 2.00 bits per heavy atom. The number of benzene rings is 2. The van der Waals surface area contributed by atoms with Crippen LogP contribution in [-0.2, 0) is 11.2 Å². The van der Waals surface area contributed by atoms with E-state index in [0.717, 1.165) is 27.9 Å². The van der Waals surface area contributed by atoms with Gasteiger partial charge in [-0.2, -0.15) is 0 Å². The quantitative estimate of drug-likeness (QED) is 0.581. The molecule has 0 radical (unpaired) electrons. The molecule has 0 saturated carbocycles. The number of anilines is 1. The van der Waals surface area contributed by atoms with Crippen LogP contribution >= 0.6 is 11.6 Å². The Hall–Kier alpha value is -2.90. The number of hydrogen-bond acceptors (Lipinski definition) is 6. The van der Waals surface area contributed by atoms with Gasteiger partial charge in [-0.3, -0.25) is 10.1 Å². The molecule has 156 valence electrons. The first-order valence-electron chi connectivity index (χ1n) is 9.83. The van der Waals surface area contributed by atoms with Crippen LogP contribution in [-0.4, -0.2) is 35.3 Å². The molecule has 3 aromatic rings. The Morgan fingerprint density at radius 1 is 1.20 bits per heavy atom. The van der Waals surface area contributed by atoms with Crippen LogP contribution in [0, 0.1) is 12.8 Å². The van der Waals surface area contributed by atoms with Crippen molar-refractivity contribution >= 4 is 34.4 Å². The highest BCUT2D eigenvalue weighted by Crippen LogP contribution is 2.24. The maximum Gasteiger partial charge on any atom is 0.227 e. The second kappa shape index (κ2) is 8.45. The molecule has 0 aliphatic carbocycles. The van der Waals surface area contributed by atoms with Crippen molar-refractivity contribution in [2.75, 3.05) is 12.4 Å². The smallest absolute Gasteiger partial charge is 0.227 e. The van der Waals surface area contributed by atoms with Gasteiger partial charge in [-0.15, -0.1) is 0 Å². The van der Waals surface area contributed by atoms with Crippen LogP contribution in [0.4, 0.5) is 5.95 Å². The molecule has 1 amide bonds. The van der Waals surface area contributed by atoms with Gasteiger partial charge in [0.25, 0.3) is 0 Å². The molecule has 4 rings (SSSR count). The zero-order chi connectivity index (χ0) is 21.3. The van der Waals surface area contributed by atoms with E-state index < -0.39 is 6.29 Å². The fourth-order valence-corrected chi connectivity index (χ4v) is 3.94. The lowest BCUT2D eigenvalue weighted by Gasteiger charge is -2.36. The summed E-state index contributed by atoms with van der Waals surface area (Å²) in [6.07, 6.45) is 0.102. The molecule has 1 fully saturated rings. The number of halogens is 1. The molecule has 1 aliphatic rings. The lowest BCUT2D eigenvalue weighted by atomic mass is 9.90. The van der Waals surface area contributed by atoms with E-state index in [-0.39, 0.29) is 17.9 Å². The van der Waals surface area contributed by atoms with Gasteiger partial charge in [0.15, 0.2) is 6.29 Å². The van der Waals surface area contributed by atoms with Crippen LogP contribution in [0.15, 0.2) is 42.5 Å². The van der Waals surface area contributed by atoms with Gasteiger partial charge in [-0.25, -0.2) is 9.97 Å². The SMILES string of the molecule is COc1ccc2nc(NC3NC(=O)C(Cc4ccccc4Cl)C(C)N3)nc(C)c2c1. The summed E-state index contributed by atoms with van der Waals surface area (Å²) in [5, 5.41) is 11.1. The van der Waals surface area contributed by atoms with Crippen molar-refractivity contribution in [2.45, 2.75) is 32.6 Å². The van der Waals surface area contributed by atoms with Crippen molar-refractivity contribution in [1.82, 2.24) is 20.6 Å². The minimum Gasteiger partial charge on any atom is -0.497 e. The first-order chi connectivity index (χ1) is 14.4. The number of ether oxygens (including phenoxy) is 1. The minimum atomic E-state index is -0.468. The number of aromatic nitrogens is 2. The average molecular weight is 426 g/mol. The van der Waals surface area contributed by atoms with Gasteiger partial charge in [0.05, 0.1) is 24.2 Å². The van der Waals surface area contributed by atoms with E-state index in [1.165, 1.54) is 0 Å². The number of carbonyl (C=O) groups excluding carboxylic acids is 1. The Bertz CT molecular complexity index is 1090. The van der Waals surface area contributed by atoms with Gasteiger partial charge >= 0.3 is 0 Å². The van der Waals surface area contributed by atoms with Crippen LogP contribution in [0.3, 0.4) is 0 Å². The first-order valence-corrected chi connectivity index (χ1v) is 10.2. The lowest BCUT2D eigenvalue weighted by molar-refractivity contribution is -0.128. The van der Waals surface area contributed by atoms with Gasteiger partial charge < -0.3 is 15.4 Å². The van der Waals surface area contributed by atoms with Crippen LogP contribution in [0.25, 0.3) is 10.9 Å². The van der Waals surface area contributed by atoms with E-state index in [1.54, 1.807) is 7.11 Å². The molecule has 1 aromatic heterocycles. The monoisotopic (exact) mass is 425 g/mol. The Balaban J connectivity index is 1.48. The van der Waals surface area contributed by atoms with Gasteiger partial charge in [-0.1, -0.05) is 29.8 Å². The molecule has 3 N–H and O–H groups in total. The molecule has 7 nitrogen and oxygen atoms in total. The molecular weight excluding hydrogens is 402 g/mol. The van der Waals surface area contributed by atoms with Gasteiger partial charge in [-0.05, 0) is 50.1 Å². The van der Waals surface area contributed by atoms with E-state index in [2.05, 4.69) is 25.9 Å². The van der Waals surface area contributed by atoms with Crippen molar-refractivity contribution in [3.8, 4) is 5.75 Å². The highest BCUT2D eigenvalue weighted by atomic mass is 35.5. The minimum absolute atomic E-state index is 0.0408. The molecule has 30 heavy (non-hydrogen) atoms. The van der Waals surface area contributed by atoms with Crippen LogP contribution in [0.1, 0.15) is 18.2 Å². The Labute approximate surface area is 180 Å². The van der Waals surface area contributed by atoms with Crippen LogP contribution in [0.2, 0.25) is 5.02 Å². The molecular formula is C22H24ClN5O2. The fraction of sp³-hybridized carbons (Fsp3) is 0.318. The second-order valence-electron chi connectivity index (χ2n) is 7.46. The molecule has 2 aromatic carbocycles. The number of methoxy groups -OCH3 is 1. The highest BCUT2D eigenvalue weighted by Gasteiger charge is 2.34. The summed E-state index contributed by atoms with van der Waals surface area (Å²) in [7, 11) is 1.63. The number of aryl methyl sites for hydroxylation is 1. The van der Waals surface area contributed by atoms with Crippen molar-refractivity contribution in [3.05, 3.63) is 58.7 Å². The first kappa shape index (κ1) is 20.4. The van der Waals surface area contributed by atoms with Crippen LogP contribution in [0.5, 0.6) is 5.75 Å². The molecule has 0 bridgehead atoms. The van der Waals surface area contributed by atoms with E-state index >= 15 is 0 Å². The van der Waals surface area contributed by atoms with E-state index in [9.17, 15) is 4.79 Å². The third kappa shape index (κ3) is 4.17. The van der Waals surface area contributed by atoms with E-state index in [0.29, 0.717) is 17.4 Å². The standard InChI is InChI=1S/C22H24ClN5O2/c1-12-16-11-15(30-3)8-9-19(16)26-21(24-12)28-22-25-13(2)17(20(29)27-22)10-14-6-4-5-7-18(14)23/h4-9,11,13,17,22,25H,10H2,1-3H3,(H,27,29)(H,24,26,28). The summed E-state index contributed by atoms with van der Waals surface area (Å²) in [4.78, 5) is 21.9. The number of nitrogens with zero attached hydrogens (tertiary/aromatic N) is 2. The number of carbonyl (C=O) groups is 1. The van der Waals surface area contributed by atoms with Crippen molar-refractivity contribution < 1.29 is 9.53 Å². The molecule has 1 aliphatic heterocycles. The third-order valence-electron chi connectivity index (χ3n) is 5.42. The zero-order valence-electron chi connectivity index (χ0n) is 17.1. The zero-order valence-corrected chi connectivity index (χ0v) is 17.8. The third-order valence-corrected chi connectivity index (χ3v) is 5.79. The number of fused-ring (bicyclic) bond motifs is 1. The highest BCUT2D eigenvalue weighted by molar-refractivity contribution is 6.31. The molecule has 0 spiro atoms. The van der Waals surface area contributed by atoms with Gasteiger partial charge in [0, 0.05) is 16.5 Å². The topological polar surface area (TPSA) is 88.2 Å². The molecule has 3 atom stereocenters. The average Bonchev–Trinajstić information content (AvgIpc) is 2.72. The summed E-state index contributed by atoms with van der Waals surface area (Å²) in [5.41, 5.74) is 2.59. The fourth-order valence-electron chi connectivity index (χ4n) is 3.73. The van der Waals surface area contributed by atoms with Crippen molar-refractivity contribution in [2.24, 2.45) is 5.92 Å². The summed E-state index contributed by atoms with van der Waals surface area (Å²) in [5.74, 6) is 0.935. The van der Waals surface area contributed by atoms with Crippen LogP contribution < -0.4 is 20.7 Å². The molecule has 1 saturated heterocycles. The maximum absolute atomic E-state index is 12.8. The van der Waals surface area contributed by atoms with Gasteiger partial charge in [0.2, 0.25) is 11.9 Å². The molecule has 8 heteroatoms. The largest absolute Gasteiger partial charge is 0.497 e. The van der Waals surface area contributed by atoms with Crippen molar-refractivity contribution in [1.29, 1.82) is 0 Å².